The summed E-state index contributed by atoms with van der Waals surface area (Å²) in [7, 11) is 0. The first kappa shape index (κ1) is 20.2. The van der Waals surface area contributed by atoms with E-state index in [1.807, 2.05) is 50.3 Å². The standard InChI is InChI=1S/C16H18.C2H6.C2H4/c1-5-10-16(15(6-2)13(3)4)14-11-8-7-9-12-14;2*1-2/h5-12H,1-2H2,3-4H3;1-2H3;1-2H2/b16-10-;;. The van der Waals surface area contributed by atoms with E-state index in [2.05, 4.69) is 52.3 Å². The molecule has 0 heterocycles. The lowest BCUT2D eigenvalue weighted by molar-refractivity contribution is 1.34. The Hall–Kier alpha value is -2.08. The van der Waals surface area contributed by atoms with Crippen molar-refractivity contribution in [1.82, 2.24) is 0 Å². The van der Waals surface area contributed by atoms with Crippen LogP contribution < -0.4 is 0 Å². The number of rotatable bonds is 4. The summed E-state index contributed by atoms with van der Waals surface area (Å²) in [5.41, 5.74) is 4.79. The predicted molar refractivity (Wildman–Crippen MR) is 95.8 cm³/mol. The quantitative estimate of drug-likeness (QED) is 0.426. The second-order valence-electron chi connectivity index (χ2n) is 3.80. The zero-order valence-corrected chi connectivity index (χ0v) is 13.4. The molecule has 0 fully saturated rings. The highest BCUT2D eigenvalue weighted by Gasteiger charge is 2.05. The highest BCUT2D eigenvalue weighted by molar-refractivity contribution is 5.83. The molecule has 0 saturated heterocycles. The molecule has 0 aliphatic rings. The Bertz CT molecular complexity index is 440. The first-order valence-electron chi connectivity index (χ1n) is 6.89. The summed E-state index contributed by atoms with van der Waals surface area (Å²) in [6, 6.07) is 10.3. The van der Waals surface area contributed by atoms with E-state index in [-0.39, 0.29) is 0 Å². The largest absolute Gasteiger partial charge is 0.106 e. The second kappa shape index (κ2) is 13.4. The molecular formula is C20H28. The van der Waals surface area contributed by atoms with E-state index in [1.54, 1.807) is 0 Å². The van der Waals surface area contributed by atoms with Crippen LogP contribution in [0.1, 0.15) is 33.3 Å². The van der Waals surface area contributed by atoms with Gasteiger partial charge in [-0.1, -0.05) is 81.1 Å². The van der Waals surface area contributed by atoms with Gasteiger partial charge in [0, 0.05) is 0 Å². The van der Waals surface area contributed by atoms with E-state index in [0.29, 0.717) is 0 Å². The maximum absolute atomic E-state index is 3.88. The van der Waals surface area contributed by atoms with E-state index in [4.69, 9.17) is 0 Å². The number of hydrogen-bond donors (Lipinski definition) is 0. The summed E-state index contributed by atoms with van der Waals surface area (Å²) >= 11 is 0. The lowest BCUT2D eigenvalue weighted by atomic mass is 9.94. The topological polar surface area (TPSA) is 0 Å². The van der Waals surface area contributed by atoms with Crippen molar-refractivity contribution in [2.75, 3.05) is 0 Å². The summed E-state index contributed by atoms with van der Waals surface area (Å²) in [5, 5.41) is 0. The van der Waals surface area contributed by atoms with Gasteiger partial charge in [-0.05, 0) is 30.6 Å². The molecule has 0 heteroatoms. The van der Waals surface area contributed by atoms with Crippen LogP contribution in [-0.2, 0) is 0 Å². The van der Waals surface area contributed by atoms with Gasteiger partial charge in [-0.3, -0.25) is 0 Å². The lowest BCUT2D eigenvalue weighted by Gasteiger charge is -2.10. The van der Waals surface area contributed by atoms with Crippen LogP contribution in [0.5, 0.6) is 0 Å². The Morgan fingerprint density at radius 3 is 1.80 bits per heavy atom. The van der Waals surface area contributed by atoms with Crippen LogP contribution in [0, 0.1) is 0 Å². The van der Waals surface area contributed by atoms with Gasteiger partial charge in [0.15, 0.2) is 0 Å². The van der Waals surface area contributed by atoms with Crippen molar-refractivity contribution >= 4 is 5.57 Å². The van der Waals surface area contributed by atoms with E-state index in [9.17, 15) is 0 Å². The Morgan fingerprint density at radius 2 is 1.45 bits per heavy atom. The zero-order valence-electron chi connectivity index (χ0n) is 13.4. The van der Waals surface area contributed by atoms with Crippen molar-refractivity contribution in [3.63, 3.8) is 0 Å². The fraction of sp³-hybridized carbons (Fsp3) is 0.200. The van der Waals surface area contributed by atoms with Crippen LogP contribution >= 0.6 is 0 Å². The first-order chi connectivity index (χ1) is 9.70. The third-order valence-corrected chi connectivity index (χ3v) is 2.40. The van der Waals surface area contributed by atoms with Gasteiger partial charge >= 0.3 is 0 Å². The summed E-state index contributed by atoms with van der Waals surface area (Å²) < 4.78 is 0. The van der Waals surface area contributed by atoms with Crippen LogP contribution in [0.2, 0.25) is 0 Å². The molecular weight excluding hydrogens is 240 g/mol. The van der Waals surface area contributed by atoms with Gasteiger partial charge in [-0.15, -0.1) is 13.2 Å². The highest BCUT2D eigenvalue weighted by atomic mass is 14.1. The fourth-order valence-electron chi connectivity index (χ4n) is 1.66. The molecule has 0 N–H and O–H groups in total. The minimum Gasteiger partial charge on any atom is -0.106 e. The van der Waals surface area contributed by atoms with E-state index >= 15 is 0 Å². The number of allylic oxidation sites excluding steroid dienone is 6. The number of benzene rings is 1. The molecule has 108 valence electrons. The van der Waals surface area contributed by atoms with Crippen molar-refractivity contribution in [1.29, 1.82) is 0 Å². The summed E-state index contributed by atoms with van der Waals surface area (Å²) in [6.45, 7) is 21.8. The van der Waals surface area contributed by atoms with Gasteiger partial charge in [-0.2, -0.15) is 0 Å². The maximum atomic E-state index is 3.88. The van der Waals surface area contributed by atoms with E-state index in [1.165, 1.54) is 22.3 Å². The van der Waals surface area contributed by atoms with Gasteiger partial charge in [0.25, 0.3) is 0 Å². The van der Waals surface area contributed by atoms with Gasteiger partial charge in [-0.25, -0.2) is 0 Å². The van der Waals surface area contributed by atoms with E-state index < -0.39 is 0 Å². The van der Waals surface area contributed by atoms with Crippen LogP contribution in [-0.4, -0.2) is 0 Å². The highest BCUT2D eigenvalue weighted by Crippen LogP contribution is 2.26. The van der Waals surface area contributed by atoms with Gasteiger partial charge in [0.1, 0.15) is 0 Å². The van der Waals surface area contributed by atoms with E-state index in [0.717, 1.165) is 0 Å². The molecule has 0 atom stereocenters. The maximum Gasteiger partial charge on any atom is -0.0113 e. The van der Waals surface area contributed by atoms with Crippen molar-refractivity contribution < 1.29 is 0 Å². The van der Waals surface area contributed by atoms with Crippen LogP contribution in [0.15, 0.2) is 86.0 Å². The zero-order chi connectivity index (χ0) is 16.0. The minimum absolute atomic E-state index is 1.17. The Kier molecular flexibility index (Phi) is 13.5. The molecule has 0 nitrogen and oxygen atoms in total. The molecule has 1 aromatic rings. The van der Waals surface area contributed by atoms with Gasteiger partial charge in [0.2, 0.25) is 0 Å². The molecule has 0 saturated carbocycles. The lowest BCUT2D eigenvalue weighted by Crippen LogP contribution is -1.89. The SMILES string of the molecule is C=C.C=C/C=C(\C(C=C)=C(C)C)c1ccccc1.CC. The normalized spacial score (nSPS) is 9.10. The Morgan fingerprint density at radius 1 is 0.950 bits per heavy atom. The molecule has 0 aliphatic carbocycles. The monoisotopic (exact) mass is 268 g/mol. The number of hydrogen-bond acceptors (Lipinski definition) is 0. The van der Waals surface area contributed by atoms with Crippen molar-refractivity contribution in [2.24, 2.45) is 0 Å². The van der Waals surface area contributed by atoms with Gasteiger partial charge < -0.3 is 0 Å². The third kappa shape index (κ3) is 6.75. The van der Waals surface area contributed by atoms with Crippen LogP contribution in [0.25, 0.3) is 5.57 Å². The molecule has 0 aromatic heterocycles. The molecule has 0 amide bonds. The molecule has 20 heavy (non-hydrogen) atoms. The Labute approximate surface area is 125 Å². The predicted octanol–water partition coefficient (Wildman–Crippen LogP) is 6.61. The minimum atomic E-state index is 1.17. The van der Waals surface area contributed by atoms with Crippen molar-refractivity contribution in [3.8, 4) is 0 Å². The average Bonchev–Trinajstić information content (AvgIpc) is 2.52. The van der Waals surface area contributed by atoms with Crippen LogP contribution in [0.3, 0.4) is 0 Å². The Balaban J connectivity index is 0. The summed E-state index contributed by atoms with van der Waals surface area (Å²) in [4.78, 5) is 0. The summed E-state index contributed by atoms with van der Waals surface area (Å²) in [5.74, 6) is 0. The molecule has 0 radical (unpaired) electrons. The van der Waals surface area contributed by atoms with Crippen LogP contribution in [0.4, 0.5) is 0 Å². The van der Waals surface area contributed by atoms with Crippen molar-refractivity contribution in [2.45, 2.75) is 27.7 Å². The van der Waals surface area contributed by atoms with Crippen molar-refractivity contribution in [3.05, 3.63) is 91.6 Å². The second-order valence-corrected chi connectivity index (χ2v) is 3.80. The smallest absolute Gasteiger partial charge is 0.0113 e. The molecule has 0 spiro atoms. The third-order valence-electron chi connectivity index (χ3n) is 2.40. The molecule has 0 aliphatic heterocycles. The molecule has 0 bridgehead atoms. The van der Waals surface area contributed by atoms with Gasteiger partial charge in [0.05, 0.1) is 0 Å². The molecule has 1 rings (SSSR count). The first-order valence-corrected chi connectivity index (χ1v) is 6.89. The molecule has 1 aromatic carbocycles. The fourth-order valence-corrected chi connectivity index (χ4v) is 1.66. The average molecular weight is 268 g/mol. The summed E-state index contributed by atoms with van der Waals surface area (Å²) in [6.07, 6.45) is 5.74. The molecule has 0 unspecified atom stereocenters.